The van der Waals surface area contributed by atoms with E-state index in [1.54, 1.807) is 7.11 Å². The fraction of sp³-hybridized carbons (Fsp3) is 0.444. The van der Waals surface area contributed by atoms with Gasteiger partial charge in [0, 0.05) is 30.1 Å². The van der Waals surface area contributed by atoms with E-state index in [4.69, 9.17) is 9.47 Å². The Morgan fingerprint density at radius 1 is 0.952 bits per heavy atom. The molecule has 1 amide bonds. The van der Waals surface area contributed by atoms with Crippen LogP contribution in [0.3, 0.4) is 0 Å². The van der Waals surface area contributed by atoms with Gasteiger partial charge in [-0.3, -0.25) is 9.59 Å². The minimum atomic E-state index is -0.225. The molecule has 0 aliphatic carbocycles. The van der Waals surface area contributed by atoms with Crippen LogP contribution in [0.15, 0.2) is 78.9 Å². The van der Waals surface area contributed by atoms with E-state index in [-0.39, 0.29) is 29.4 Å². The number of piperidine rings is 1. The average Bonchev–Trinajstić information content (AvgIpc) is 3.01. The van der Waals surface area contributed by atoms with Crippen LogP contribution in [0.25, 0.3) is 11.1 Å². The molecule has 0 radical (unpaired) electrons. The van der Waals surface area contributed by atoms with Crippen LogP contribution in [0, 0.1) is 0 Å². The molecule has 1 atom stereocenters. The lowest BCUT2D eigenvalue weighted by Gasteiger charge is -2.36. The van der Waals surface area contributed by atoms with Crippen molar-refractivity contribution < 1.29 is 19.1 Å². The molecule has 1 N–H and O–H groups in total. The fourth-order valence-electron chi connectivity index (χ4n) is 6.12. The van der Waals surface area contributed by atoms with Crippen molar-refractivity contribution in [1.82, 2.24) is 10.2 Å². The van der Waals surface area contributed by atoms with Crippen molar-refractivity contribution in [1.29, 1.82) is 0 Å². The molecule has 3 aromatic rings. The van der Waals surface area contributed by atoms with E-state index in [0.717, 1.165) is 68.6 Å². The summed E-state index contributed by atoms with van der Waals surface area (Å²) in [6.07, 6.45) is 4.96. The Morgan fingerprint density at radius 3 is 2.26 bits per heavy atom. The van der Waals surface area contributed by atoms with Crippen molar-refractivity contribution in [3.8, 4) is 16.9 Å². The molecule has 0 spiro atoms. The first-order valence-electron chi connectivity index (χ1n) is 15.3. The summed E-state index contributed by atoms with van der Waals surface area (Å²) in [6.45, 7) is 8.86. The van der Waals surface area contributed by atoms with E-state index in [9.17, 15) is 9.59 Å². The second-order valence-electron chi connectivity index (χ2n) is 11.7. The summed E-state index contributed by atoms with van der Waals surface area (Å²) in [6, 6.07) is 26.2. The van der Waals surface area contributed by atoms with Gasteiger partial charge in [0.1, 0.15) is 5.75 Å². The minimum Gasteiger partial charge on any atom is -0.497 e. The maximum Gasteiger partial charge on any atom is 0.306 e. The second-order valence-corrected chi connectivity index (χ2v) is 11.7. The number of hydrogen-bond acceptors (Lipinski definition) is 5. The minimum absolute atomic E-state index is 0.0243. The van der Waals surface area contributed by atoms with Crippen LogP contribution in [-0.2, 0) is 14.9 Å². The smallest absolute Gasteiger partial charge is 0.306 e. The number of nitrogens with one attached hydrogen (secondary N) is 1. The molecular weight excluding hydrogens is 524 g/mol. The molecule has 0 saturated carbocycles. The summed E-state index contributed by atoms with van der Waals surface area (Å²) in [5.41, 5.74) is 3.59. The standard InChI is InChI=1S/C36H46N2O4/c1-5-36(26-34(39)42-27(2)3,29-12-7-6-8-13-29)22-11-23-38-24-20-30(21-25-38)37-35(40)33-15-10-9-14-32(33)28-16-18-31(41-4)19-17-28/h6-10,12-19,27,30H,5,11,20-26H2,1-4H3,(H,37,40). The van der Waals surface area contributed by atoms with Crippen molar-refractivity contribution in [2.75, 3.05) is 26.7 Å². The summed E-state index contributed by atoms with van der Waals surface area (Å²) in [5, 5.41) is 3.29. The third-order valence-corrected chi connectivity index (χ3v) is 8.54. The number of esters is 1. The summed E-state index contributed by atoms with van der Waals surface area (Å²) in [4.78, 5) is 28.6. The van der Waals surface area contributed by atoms with E-state index in [2.05, 4.69) is 41.4 Å². The van der Waals surface area contributed by atoms with Crippen LogP contribution >= 0.6 is 0 Å². The third-order valence-electron chi connectivity index (χ3n) is 8.54. The second kappa shape index (κ2) is 15.0. The van der Waals surface area contributed by atoms with Crippen molar-refractivity contribution in [3.05, 3.63) is 90.0 Å². The summed E-state index contributed by atoms with van der Waals surface area (Å²) >= 11 is 0. The summed E-state index contributed by atoms with van der Waals surface area (Å²) in [5.74, 6) is 0.645. The highest BCUT2D eigenvalue weighted by molar-refractivity contribution is 6.01. The van der Waals surface area contributed by atoms with Crippen molar-refractivity contribution in [2.24, 2.45) is 0 Å². The molecule has 0 bridgehead atoms. The molecular formula is C36H46N2O4. The fourth-order valence-corrected chi connectivity index (χ4v) is 6.12. The quantitative estimate of drug-likeness (QED) is 0.224. The molecule has 1 saturated heterocycles. The lowest BCUT2D eigenvalue weighted by molar-refractivity contribution is -0.149. The van der Waals surface area contributed by atoms with E-state index in [1.165, 1.54) is 5.56 Å². The van der Waals surface area contributed by atoms with Gasteiger partial charge >= 0.3 is 5.97 Å². The van der Waals surface area contributed by atoms with E-state index in [1.807, 2.05) is 68.4 Å². The molecule has 1 unspecified atom stereocenters. The molecule has 6 heteroatoms. The molecule has 1 aliphatic rings. The van der Waals surface area contributed by atoms with E-state index >= 15 is 0 Å². The SMILES string of the molecule is CCC(CCCN1CCC(NC(=O)c2ccccc2-c2ccc(OC)cc2)CC1)(CC(=O)OC(C)C)c1ccccc1. The number of methoxy groups -OCH3 is 1. The topological polar surface area (TPSA) is 67.9 Å². The zero-order chi connectivity index (χ0) is 30.0. The van der Waals surface area contributed by atoms with Crippen LogP contribution in [0.5, 0.6) is 5.75 Å². The molecule has 42 heavy (non-hydrogen) atoms. The Morgan fingerprint density at radius 2 is 1.62 bits per heavy atom. The summed E-state index contributed by atoms with van der Waals surface area (Å²) < 4.78 is 10.8. The van der Waals surface area contributed by atoms with Gasteiger partial charge in [-0.15, -0.1) is 0 Å². The highest BCUT2D eigenvalue weighted by atomic mass is 16.5. The maximum absolute atomic E-state index is 13.3. The Hall–Kier alpha value is -3.64. The van der Waals surface area contributed by atoms with Crippen LogP contribution < -0.4 is 10.1 Å². The molecule has 1 aliphatic heterocycles. The zero-order valence-corrected chi connectivity index (χ0v) is 25.6. The van der Waals surface area contributed by atoms with E-state index < -0.39 is 0 Å². The molecule has 1 fully saturated rings. The Balaban J connectivity index is 1.31. The predicted octanol–water partition coefficient (Wildman–Crippen LogP) is 7.03. The number of carbonyl (C=O) groups excluding carboxylic acids is 2. The lowest BCUT2D eigenvalue weighted by atomic mass is 9.72. The van der Waals surface area contributed by atoms with Gasteiger partial charge in [0.15, 0.2) is 0 Å². The van der Waals surface area contributed by atoms with Gasteiger partial charge in [0.2, 0.25) is 0 Å². The van der Waals surface area contributed by atoms with Gasteiger partial charge in [-0.05, 0) is 87.4 Å². The largest absolute Gasteiger partial charge is 0.497 e. The van der Waals surface area contributed by atoms with Gasteiger partial charge < -0.3 is 19.7 Å². The van der Waals surface area contributed by atoms with Gasteiger partial charge in [0.05, 0.1) is 19.6 Å². The average molecular weight is 571 g/mol. The van der Waals surface area contributed by atoms with Gasteiger partial charge in [-0.25, -0.2) is 0 Å². The first-order chi connectivity index (χ1) is 20.3. The molecule has 3 aromatic carbocycles. The van der Waals surface area contributed by atoms with Gasteiger partial charge in [-0.1, -0.05) is 67.6 Å². The van der Waals surface area contributed by atoms with Crippen molar-refractivity contribution in [3.63, 3.8) is 0 Å². The Kier molecular flexibility index (Phi) is 11.2. The number of benzene rings is 3. The van der Waals surface area contributed by atoms with E-state index in [0.29, 0.717) is 12.0 Å². The molecule has 4 rings (SSSR count). The third kappa shape index (κ3) is 8.22. The number of ether oxygens (including phenoxy) is 2. The highest BCUT2D eigenvalue weighted by Crippen LogP contribution is 2.37. The van der Waals surface area contributed by atoms with Crippen LogP contribution in [-0.4, -0.2) is 55.7 Å². The number of amides is 1. The monoisotopic (exact) mass is 570 g/mol. The zero-order valence-electron chi connectivity index (χ0n) is 25.6. The number of carbonyl (C=O) groups is 2. The van der Waals surface area contributed by atoms with Crippen LogP contribution in [0.2, 0.25) is 0 Å². The molecule has 6 nitrogen and oxygen atoms in total. The van der Waals surface area contributed by atoms with Gasteiger partial charge in [-0.2, -0.15) is 0 Å². The molecule has 224 valence electrons. The highest BCUT2D eigenvalue weighted by Gasteiger charge is 2.34. The van der Waals surface area contributed by atoms with Crippen LogP contribution in [0.4, 0.5) is 0 Å². The first-order valence-corrected chi connectivity index (χ1v) is 15.3. The number of hydrogen-bond donors (Lipinski definition) is 1. The number of rotatable bonds is 13. The predicted molar refractivity (Wildman–Crippen MR) is 169 cm³/mol. The van der Waals surface area contributed by atoms with Crippen molar-refractivity contribution >= 4 is 11.9 Å². The normalized spacial score (nSPS) is 15.6. The first kappa shape index (κ1) is 31.3. The molecule has 0 aromatic heterocycles. The Bertz CT molecular complexity index is 1280. The van der Waals surface area contributed by atoms with Crippen molar-refractivity contribution in [2.45, 2.75) is 76.9 Å². The number of nitrogens with zero attached hydrogens (tertiary/aromatic N) is 1. The Labute approximate surface area is 251 Å². The molecule has 1 heterocycles. The maximum atomic E-state index is 13.3. The number of likely N-dealkylation sites (tertiary alicyclic amines) is 1. The van der Waals surface area contributed by atoms with Crippen LogP contribution in [0.1, 0.15) is 75.2 Å². The lowest BCUT2D eigenvalue weighted by Crippen LogP contribution is -2.45. The van der Waals surface area contributed by atoms with Gasteiger partial charge in [0.25, 0.3) is 5.91 Å². The summed E-state index contributed by atoms with van der Waals surface area (Å²) in [7, 11) is 1.65.